The van der Waals surface area contributed by atoms with Gasteiger partial charge >= 0.3 is 0 Å². The third-order valence-corrected chi connectivity index (χ3v) is 2.95. The molecule has 2 rings (SSSR count). The molecule has 0 unspecified atom stereocenters. The van der Waals surface area contributed by atoms with Crippen LogP contribution in [-0.2, 0) is 4.79 Å². The lowest BCUT2D eigenvalue weighted by Crippen LogP contribution is -2.15. The van der Waals surface area contributed by atoms with Crippen molar-refractivity contribution in [1.29, 1.82) is 0 Å². The maximum absolute atomic E-state index is 11.8. The molecule has 0 radical (unpaired) electrons. The molecule has 0 aliphatic rings. The predicted molar refractivity (Wildman–Crippen MR) is 83.0 cm³/mol. The normalized spacial score (nSPS) is 10.0. The van der Waals surface area contributed by atoms with Crippen molar-refractivity contribution >= 4 is 17.3 Å². The van der Waals surface area contributed by atoms with Crippen molar-refractivity contribution in [2.45, 2.75) is 13.3 Å². The maximum Gasteiger partial charge on any atom is 0.269 e. The maximum atomic E-state index is 11.8. The Kier molecular flexibility index (Phi) is 5.08. The van der Waals surface area contributed by atoms with Gasteiger partial charge in [-0.1, -0.05) is 12.1 Å². The highest BCUT2D eigenvalue weighted by Crippen LogP contribution is 2.17. The van der Waals surface area contributed by atoms with Gasteiger partial charge in [0.1, 0.15) is 5.75 Å². The summed E-state index contributed by atoms with van der Waals surface area (Å²) in [5, 5.41) is 13.3. The van der Waals surface area contributed by atoms with Crippen molar-refractivity contribution in [3.05, 3.63) is 64.2 Å². The van der Waals surface area contributed by atoms with Crippen LogP contribution in [0.3, 0.4) is 0 Å². The van der Waals surface area contributed by atoms with E-state index in [0.29, 0.717) is 5.75 Å². The van der Waals surface area contributed by atoms with Crippen LogP contribution in [0.5, 0.6) is 5.75 Å². The van der Waals surface area contributed by atoms with Crippen LogP contribution in [-0.4, -0.2) is 17.4 Å². The van der Waals surface area contributed by atoms with Crippen LogP contribution in [0.4, 0.5) is 11.4 Å². The van der Waals surface area contributed by atoms with Crippen molar-refractivity contribution in [1.82, 2.24) is 0 Å². The van der Waals surface area contributed by atoms with Gasteiger partial charge in [-0.25, -0.2) is 0 Å². The van der Waals surface area contributed by atoms with E-state index in [2.05, 4.69) is 5.32 Å². The molecule has 0 spiro atoms. The van der Waals surface area contributed by atoms with Crippen molar-refractivity contribution in [2.24, 2.45) is 0 Å². The highest BCUT2D eigenvalue weighted by atomic mass is 16.6. The lowest BCUT2D eigenvalue weighted by Gasteiger charge is -2.07. The van der Waals surface area contributed by atoms with Gasteiger partial charge < -0.3 is 10.1 Å². The topological polar surface area (TPSA) is 81.5 Å². The van der Waals surface area contributed by atoms with E-state index in [9.17, 15) is 14.9 Å². The second kappa shape index (κ2) is 7.21. The predicted octanol–water partition coefficient (Wildman–Crippen LogP) is 3.31. The first-order chi connectivity index (χ1) is 10.5. The largest absolute Gasteiger partial charge is 0.493 e. The van der Waals surface area contributed by atoms with E-state index in [4.69, 9.17) is 4.74 Å². The molecule has 114 valence electrons. The van der Waals surface area contributed by atoms with E-state index in [-0.39, 0.29) is 24.6 Å². The Bertz CT molecular complexity index is 668. The number of benzene rings is 2. The van der Waals surface area contributed by atoms with Crippen LogP contribution in [0, 0.1) is 17.0 Å². The minimum absolute atomic E-state index is 0.00420. The molecule has 0 heterocycles. The monoisotopic (exact) mass is 300 g/mol. The van der Waals surface area contributed by atoms with Crippen molar-refractivity contribution in [3.8, 4) is 5.75 Å². The van der Waals surface area contributed by atoms with Crippen molar-refractivity contribution < 1.29 is 14.5 Å². The first-order valence-corrected chi connectivity index (χ1v) is 6.78. The number of anilines is 1. The second-order valence-corrected chi connectivity index (χ2v) is 4.77. The summed E-state index contributed by atoms with van der Waals surface area (Å²) in [5.41, 5.74) is 1.82. The number of amides is 1. The molecule has 0 bridgehead atoms. The van der Waals surface area contributed by atoms with Gasteiger partial charge in [0.15, 0.2) is 0 Å². The van der Waals surface area contributed by atoms with Gasteiger partial charge in [0.25, 0.3) is 5.69 Å². The fourth-order valence-electron chi connectivity index (χ4n) is 1.87. The summed E-state index contributed by atoms with van der Waals surface area (Å²) in [6, 6.07) is 13.3. The number of nitro benzene ring substituents is 1. The highest BCUT2D eigenvalue weighted by Gasteiger charge is 2.06. The standard InChI is InChI=1S/C16H16N2O4/c1-12-3-2-4-13(11-12)17-16(19)9-10-22-15-7-5-14(6-8-15)18(20)21/h2-8,11H,9-10H2,1H3,(H,17,19). The van der Waals surface area contributed by atoms with Crippen LogP contribution >= 0.6 is 0 Å². The molecule has 1 N–H and O–H groups in total. The van der Waals surface area contributed by atoms with Gasteiger partial charge in [0, 0.05) is 17.8 Å². The number of hydrogen-bond acceptors (Lipinski definition) is 4. The van der Waals surface area contributed by atoms with Gasteiger partial charge in [-0.05, 0) is 36.8 Å². The third-order valence-electron chi connectivity index (χ3n) is 2.95. The van der Waals surface area contributed by atoms with E-state index >= 15 is 0 Å². The first-order valence-electron chi connectivity index (χ1n) is 6.78. The average Bonchev–Trinajstić information content (AvgIpc) is 2.47. The zero-order valence-corrected chi connectivity index (χ0v) is 12.1. The number of aryl methyl sites for hydroxylation is 1. The zero-order chi connectivity index (χ0) is 15.9. The summed E-state index contributed by atoms with van der Waals surface area (Å²) in [7, 11) is 0. The van der Waals surface area contributed by atoms with Gasteiger partial charge in [0.05, 0.1) is 18.0 Å². The molecule has 6 heteroatoms. The Morgan fingerprint density at radius 3 is 2.59 bits per heavy atom. The summed E-state index contributed by atoms with van der Waals surface area (Å²) in [4.78, 5) is 21.8. The van der Waals surface area contributed by atoms with E-state index in [1.165, 1.54) is 24.3 Å². The van der Waals surface area contributed by atoms with Crippen LogP contribution in [0.1, 0.15) is 12.0 Å². The molecule has 0 saturated carbocycles. The van der Waals surface area contributed by atoms with Crippen LogP contribution in [0.15, 0.2) is 48.5 Å². The Balaban J connectivity index is 1.78. The lowest BCUT2D eigenvalue weighted by atomic mass is 10.2. The number of ether oxygens (including phenoxy) is 1. The van der Waals surface area contributed by atoms with Crippen LogP contribution < -0.4 is 10.1 Å². The smallest absolute Gasteiger partial charge is 0.269 e. The van der Waals surface area contributed by atoms with Gasteiger partial charge in [0.2, 0.25) is 5.91 Å². The summed E-state index contributed by atoms with van der Waals surface area (Å²) in [5.74, 6) is 0.349. The van der Waals surface area contributed by atoms with E-state index in [0.717, 1.165) is 11.3 Å². The number of hydrogen-bond donors (Lipinski definition) is 1. The molecule has 6 nitrogen and oxygen atoms in total. The highest BCUT2D eigenvalue weighted by molar-refractivity contribution is 5.90. The van der Waals surface area contributed by atoms with Crippen molar-refractivity contribution in [3.63, 3.8) is 0 Å². The number of nitrogens with one attached hydrogen (secondary N) is 1. The second-order valence-electron chi connectivity index (χ2n) is 4.77. The molecule has 0 aliphatic heterocycles. The molecule has 0 aromatic heterocycles. The molecular weight excluding hydrogens is 284 g/mol. The van der Waals surface area contributed by atoms with Crippen LogP contribution in [0.2, 0.25) is 0 Å². The lowest BCUT2D eigenvalue weighted by molar-refractivity contribution is -0.384. The van der Waals surface area contributed by atoms with Gasteiger partial charge in [-0.15, -0.1) is 0 Å². The molecule has 2 aromatic carbocycles. The van der Waals surface area contributed by atoms with E-state index in [1.54, 1.807) is 0 Å². The number of carbonyl (C=O) groups is 1. The van der Waals surface area contributed by atoms with Crippen LogP contribution in [0.25, 0.3) is 0 Å². The summed E-state index contributed by atoms with van der Waals surface area (Å²) < 4.78 is 5.39. The molecular formula is C16H16N2O4. The quantitative estimate of drug-likeness (QED) is 0.655. The number of nitro groups is 1. The first kappa shape index (κ1) is 15.5. The number of non-ortho nitro benzene ring substituents is 1. The minimum atomic E-state index is -0.473. The molecule has 0 aliphatic carbocycles. The van der Waals surface area contributed by atoms with E-state index < -0.39 is 4.92 Å². The van der Waals surface area contributed by atoms with E-state index in [1.807, 2.05) is 31.2 Å². The number of nitrogens with zero attached hydrogens (tertiary/aromatic N) is 1. The van der Waals surface area contributed by atoms with Gasteiger partial charge in [-0.2, -0.15) is 0 Å². The Morgan fingerprint density at radius 2 is 1.95 bits per heavy atom. The molecule has 0 atom stereocenters. The zero-order valence-electron chi connectivity index (χ0n) is 12.1. The summed E-state index contributed by atoms with van der Waals surface area (Å²) in [6.45, 7) is 2.16. The molecule has 1 amide bonds. The SMILES string of the molecule is Cc1cccc(NC(=O)CCOc2ccc([N+](=O)[O-])cc2)c1. The Labute approximate surface area is 127 Å². The van der Waals surface area contributed by atoms with Gasteiger partial charge in [-0.3, -0.25) is 14.9 Å². The Hall–Kier alpha value is -2.89. The fraction of sp³-hybridized carbons (Fsp3) is 0.188. The average molecular weight is 300 g/mol. The number of rotatable bonds is 6. The van der Waals surface area contributed by atoms with Crippen molar-refractivity contribution in [2.75, 3.05) is 11.9 Å². The molecule has 22 heavy (non-hydrogen) atoms. The minimum Gasteiger partial charge on any atom is -0.493 e. The number of carbonyl (C=O) groups excluding carboxylic acids is 1. The Morgan fingerprint density at radius 1 is 1.23 bits per heavy atom. The third kappa shape index (κ3) is 4.59. The summed E-state index contributed by atoms with van der Waals surface area (Å²) >= 11 is 0. The molecule has 0 saturated heterocycles. The fourth-order valence-corrected chi connectivity index (χ4v) is 1.87. The summed E-state index contributed by atoms with van der Waals surface area (Å²) in [6.07, 6.45) is 0.199. The molecule has 2 aromatic rings. The molecule has 0 fully saturated rings.